The average molecular weight is 467 g/mol. The average Bonchev–Trinajstić information content (AvgIpc) is 2.79. The quantitative estimate of drug-likeness (QED) is 0.641. The fourth-order valence-corrected chi connectivity index (χ4v) is 6.19. The minimum Gasteiger partial charge on any atom is -0.495 e. The molecular formula is C21H26N2O6S2. The van der Waals surface area contributed by atoms with Crippen LogP contribution in [-0.2, 0) is 24.7 Å². The van der Waals surface area contributed by atoms with E-state index in [1.807, 2.05) is 0 Å². The van der Waals surface area contributed by atoms with Gasteiger partial charge in [0, 0.05) is 19.5 Å². The minimum absolute atomic E-state index is 0.0578. The number of amides is 1. The smallest absolute Gasteiger partial charge is 0.243 e. The predicted molar refractivity (Wildman–Crippen MR) is 117 cm³/mol. The van der Waals surface area contributed by atoms with E-state index >= 15 is 0 Å². The Morgan fingerprint density at radius 3 is 2.29 bits per heavy atom. The fourth-order valence-electron chi connectivity index (χ4n) is 3.39. The number of sulfonamides is 1. The van der Waals surface area contributed by atoms with Gasteiger partial charge in [-0.1, -0.05) is 24.6 Å². The van der Waals surface area contributed by atoms with Gasteiger partial charge in [-0.15, -0.1) is 0 Å². The predicted octanol–water partition coefficient (Wildman–Crippen LogP) is 2.67. The maximum absolute atomic E-state index is 12.9. The molecule has 1 aliphatic rings. The van der Waals surface area contributed by atoms with Gasteiger partial charge in [0.15, 0.2) is 9.84 Å². The Bertz CT molecular complexity index is 1130. The molecule has 31 heavy (non-hydrogen) atoms. The highest BCUT2D eigenvalue weighted by Gasteiger charge is 2.27. The highest BCUT2D eigenvalue weighted by atomic mass is 32.2. The maximum Gasteiger partial charge on any atom is 0.243 e. The molecule has 0 bridgehead atoms. The molecule has 0 unspecified atom stereocenters. The molecule has 0 radical (unpaired) electrons. The first-order chi connectivity index (χ1) is 14.7. The number of ether oxygens (including phenoxy) is 1. The molecular weight excluding hydrogens is 440 g/mol. The summed E-state index contributed by atoms with van der Waals surface area (Å²) in [6.45, 7) is 0.931. The van der Waals surface area contributed by atoms with Crippen LogP contribution in [0.25, 0.3) is 0 Å². The molecule has 0 aromatic heterocycles. The van der Waals surface area contributed by atoms with Crippen LogP contribution in [0.5, 0.6) is 5.75 Å². The first-order valence-corrected chi connectivity index (χ1v) is 13.1. The van der Waals surface area contributed by atoms with Crippen molar-refractivity contribution in [1.82, 2.24) is 4.31 Å². The van der Waals surface area contributed by atoms with E-state index in [0.29, 0.717) is 13.1 Å². The van der Waals surface area contributed by atoms with Gasteiger partial charge < -0.3 is 10.1 Å². The molecule has 0 atom stereocenters. The second kappa shape index (κ2) is 9.80. The van der Waals surface area contributed by atoms with Gasteiger partial charge in [0.05, 0.1) is 28.3 Å². The van der Waals surface area contributed by atoms with Gasteiger partial charge in [-0.05, 0) is 43.2 Å². The van der Waals surface area contributed by atoms with Crippen LogP contribution in [0.15, 0.2) is 58.3 Å². The molecule has 0 saturated carbocycles. The first-order valence-electron chi connectivity index (χ1n) is 10.00. The van der Waals surface area contributed by atoms with Gasteiger partial charge in [0.2, 0.25) is 15.9 Å². The van der Waals surface area contributed by atoms with E-state index in [9.17, 15) is 21.6 Å². The summed E-state index contributed by atoms with van der Waals surface area (Å²) in [4.78, 5) is 12.6. The second-order valence-electron chi connectivity index (χ2n) is 7.26. The van der Waals surface area contributed by atoms with E-state index in [2.05, 4.69) is 5.32 Å². The number of hydrogen-bond acceptors (Lipinski definition) is 6. The molecule has 1 amide bonds. The van der Waals surface area contributed by atoms with Crippen LogP contribution in [0.1, 0.15) is 25.7 Å². The van der Waals surface area contributed by atoms with Crippen LogP contribution in [0.3, 0.4) is 0 Å². The van der Waals surface area contributed by atoms with Gasteiger partial charge in [0.1, 0.15) is 5.75 Å². The van der Waals surface area contributed by atoms with Crippen molar-refractivity contribution in [3.8, 4) is 5.75 Å². The summed E-state index contributed by atoms with van der Waals surface area (Å²) >= 11 is 0. The molecule has 0 spiro atoms. The van der Waals surface area contributed by atoms with Crippen molar-refractivity contribution in [3.05, 3.63) is 48.5 Å². The summed E-state index contributed by atoms with van der Waals surface area (Å²) in [6.07, 6.45) is 2.36. The van der Waals surface area contributed by atoms with Crippen molar-refractivity contribution in [2.45, 2.75) is 35.5 Å². The van der Waals surface area contributed by atoms with Gasteiger partial charge in [-0.25, -0.2) is 16.8 Å². The largest absolute Gasteiger partial charge is 0.495 e. The van der Waals surface area contributed by atoms with E-state index in [1.165, 1.54) is 41.7 Å². The number of hydrogen-bond donors (Lipinski definition) is 1. The Hall–Kier alpha value is -2.43. The molecule has 3 rings (SSSR count). The first kappa shape index (κ1) is 23.2. The van der Waals surface area contributed by atoms with E-state index in [4.69, 9.17) is 4.74 Å². The Morgan fingerprint density at radius 2 is 1.65 bits per heavy atom. The lowest BCUT2D eigenvalue weighted by Gasteiger charge is -2.26. The molecule has 1 fully saturated rings. The number of piperidine rings is 1. The van der Waals surface area contributed by atoms with Crippen molar-refractivity contribution >= 4 is 31.5 Å². The molecule has 2 aromatic rings. The molecule has 1 aliphatic heterocycles. The van der Waals surface area contributed by atoms with Crippen LogP contribution < -0.4 is 10.1 Å². The van der Waals surface area contributed by atoms with Crippen molar-refractivity contribution in [2.24, 2.45) is 0 Å². The number of nitrogens with one attached hydrogen (secondary N) is 1. The zero-order valence-corrected chi connectivity index (χ0v) is 18.9. The molecule has 0 aliphatic carbocycles. The molecule has 10 heteroatoms. The number of carbonyl (C=O) groups excluding carboxylic acids is 1. The number of carbonyl (C=O) groups is 1. The number of benzene rings is 2. The Labute approximate surface area is 183 Å². The van der Waals surface area contributed by atoms with Gasteiger partial charge in [0.25, 0.3) is 0 Å². The summed E-state index contributed by atoms with van der Waals surface area (Å²) in [5, 5.41) is 2.59. The Kier molecular flexibility index (Phi) is 7.34. The number of sulfone groups is 1. The third-order valence-corrected chi connectivity index (χ3v) is 8.72. The second-order valence-corrected chi connectivity index (χ2v) is 11.3. The topological polar surface area (TPSA) is 110 Å². The van der Waals surface area contributed by atoms with E-state index < -0.39 is 25.8 Å². The third-order valence-electron chi connectivity index (χ3n) is 5.10. The van der Waals surface area contributed by atoms with Crippen LogP contribution in [0.2, 0.25) is 0 Å². The third kappa shape index (κ3) is 5.63. The fraction of sp³-hybridized carbons (Fsp3) is 0.381. The number of anilines is 1. The van der Waals surface area contributed by atoms with E-state index in [0.717, 1.165) is 19.3 Å². The maximum atomic E-state index is 12.9. The molecule has 1 saturated heterocycles. The van der Waals surface area contributed by atoms with Crippen LogP contribution in [0, 0.1) is 0 Å². The van der Waals surface area contributed by atoms with Crippen molar-refractivity contribution in [1.29, 1.82) is 0 Å². The van der Waals surface area contributed by atoms with Crippen LogP contribution in [0.4, 0.5) is 5.69 Å². The Balaban J connectivity index is 1.74. The molecule has 2 aromatic carbocycles. The zero-order chi connectivity index (χ0) is 22.5. The van der Waals surface area contributed by atoms with Crippen LogP contribution >= 0.6 is 0 Å². The number of rotatable bonds is 8. The monoisotopic (exact) mass is 466 g/mol. The number of nitrogens with zero attached hydrogens (tertiary/aromatic N) is 1. The molecule has 1 heterocycles. The molecule has 8 nitrogen and oxygen atoms in total. The van der Waals surface area contributed by atoms with E-state index in [-0.39, 0.29) is 33.4 Å². The lowest BCUT2D eigenvalue weighted by atomic mass is 10.2. The standard InChI is InChI=1S/C21H26N2O6S2/c1-29-20-11-10-18(31(27,28)23-13-6-3-7-14-23)16-19(20)22-21(24)12-15-30(25,26)17-8-4-2-5-9-17/h2,4-5,8-11,16H,3,6-7,12-15H2,1H3,(H,22,24). The SMILES string of the molecule is COc1ccc(S(=O)(=O)N2CCCCC2)cc1NC(=O)CCS(=O)(=O)c1ccccc1. The number of methoxy groups -OCH3 is 1. The summed E-state index contributed by atoms with van der Waals surface area (Å²) in [6, 6.07) is 12.2. The summed E-state index contributed by atoms with van der Waals surface area (Å²) in [7, 11) is -5.88. The summed E-state index contributed by atoms with van der Waals surface area (Å²) in [5.41, 5.74) is 0.183. The van der Waals surface area contributed by atoms with Gasteiger partial charge in [-0.2, -0.15) is 4.31 Å². The van der Waals surface area contributed by atoms with Crippen molar-refractivity contribution in [3.63, 3.8) is 0 Å². The van der Waals surface area contributed by atoms with Gasteiger partial charge in [-0.3, -0.25) is 4.79 Å². The highest BCUT2D eigenvalue weighted by Crippen LogP contribution is 2.30. The highest BCUT2D eigenvalue weighted by molar-refractivity contribution is 7.91. The van der Waals surface area contributed by atoms with Gasteiger partial charge >= 0.3 is 0 Å². The lowest BCUT2D eigenvalue weighted by molar-refractivity contribution is -0.115. The molecule has 1 N–H and O–H groups in total. The lowest BCUT2D eigenvalue weighted by Crippen LogP contribution is -2.35. The zero-order valence-electron chi connectivity index (χ0n) is 17.3. The normalized spacial score (nSPS) is 15.4. The molecule has 168 valence electrons. The van der Waals surface area contributed by atoms with Crippen molar-refractivity contribution < 1.29 is 26.4 Å². The Morgan fingerprint density at radius 1 is 0.968 bits per heavy atom. The summed E-state index contributed by atoms with van der Waals surface area (Å²) in [5.74, 6) is -0.626. The van der Waals surface area contributed by atoms with Crippen molar-refractivity contribution in [2.75, 3.05) is 31.3 Å². The van der Waals surface area contributed by atoms with E-state index in [1.54, 1.807) is 18.2 Å². The van der Waals surface area contributed by atoms with Crippen LogP contribution in [-0.4, -0.2) is 53.0 Å². The minimum atomic E-state index is -3.69. The summed E-state index contributed by atoms with van der Waals surface area (Å²) < 4.78 is 57.3.